The zero-order valence-corrected chi connectivity index (χ0v) is 12.4. The molecule has 0 aromatic carbocycles. The van der Waals surface area contributed by atoms with Gasteiger partial charge in [-0.3, -0.25) is 0 Å². The van der Waals surface area contributed by atoms with Crippen molar-refractivity contribution < 1.29 is 0 Å². The van der Waals surface area contributed by atoms with Crippen LogP contribution in [0, 0.1) is 11.8 Å². The van der Waals surface area contributed by atoms with Gasteiger partial charge in [0.25, 0.3) is 0 Å². The topological polar surface area (TPSA) is 24.9 Å². The number of hydrogen-bond acceptors (Lipinski definition) is 3. The fraction of sp³-hybridized carbons (Fsp3) is 0.786. The van der Waals surface area contributed by atoms with Gasteiger partial charge in [-0.1, -0.05) is 27.7 Å². The third-order valence-electron chi connectivity index (χ3n) is 2.81. The third kappa shape index (κ3) is 6.79. The van der Waals surface area contributed by atoms with Crippen molar-refractivity contribution in [3.8, 4) is 0 Å². The van der Waals surface area contributed by atoms with E-state index in [4.69, 9.17) is 0 Å². The molecule has 0 radical (unpaired) electrons. The average Bonchev–Trinajstić information content (AvgIpc) is 2.68. The number of nitrogens with zero attached hydrogens (tertiary/aromatic N) is 1. The monoisotopic (exact) mass is 254 g/mol. The second kappa shape index (κ2) is 7.83. The Morgan fingerprint density at radius 2 is 1.82 bits per heavy atom. The van der Waals surface area contributed by atoms with E-state index >= 15 is 0 Å². The first kappa shape index (κ1) is 14.7. The van der Waals surface area contributed by atoms with Crippen molar-refractivity contribution in [1.29, 1.82) is 0 Å². The van der Waals surface area contributed by atoms with Crippen LogP contribution in [0.4, 0.5) is 0 Å². The second-order valence-corrected chi connectivity index (χ2v) is 6.36. The van der Waals surface area contributed by atoms with E-state index in [1.165, 1.54) is 18.5 Å². The van der Waals surface area contributed by atoms with Gasteiger partial charge in [0.05, 0.1) is 11.2 Å². The van der Waals surface area contributed by atoms with Gasteiger partial charge in [0.15, 0.2) is 0 Å². The molecule has 0 fully saturated rings. The molecular formula is C14H26N2S. The summed E-state index contributed by atoms with van der Waals surface area (Å²) in [4.78, 5) is 4.31. The summed E-state index contributed by atoms with van der Waals surface area (Å²) >= 11 is 1.68. The largest absolute Gasteiger partial charge is 0.314 e. The molecular weight excluding hydrogens is 228 g/mol. The Kier molecular flexibility index (Phi) is 6.75. The van der Waals surface area contributed by atoms with Crippen molar-refractivity contribution in [2.45, 2.75) is 53.0 Å². The fourth-order valence-electron chi connectivity index (χ4n) is 2.17. The van der Waals surface area contributed by atoms with Crippen molar-refractivity contribution in [2.75, 3.05) is 6.54 Å². The molecule has 1 aromatic heterocycles. The molecule has 1 aromatic rings. The normalized spacial score (nSPS) is 11.9. The van der Waals surface area contributed by atoms with Crippen LogP contribution in [0.25, 0.3) is 0 Å². The van der Waals surface area contributed by atoms with Crippen molar-refractivity contribution in [2.24, 2.45) is 11.8 Å². The Hall–Kier alpha value is -0.410. The van der Waals surface area contributed by atoms with E-state index in [0.29, 0.717) is 6.04 Å². The van der Waals surface area contributed by atoms with Crippen LogP contribution in [0.3, 0.4) is 0 Å². The van der Waals surface area contributed by atoms with Crippen molar-refractivity contribution in [3.05, 3.63) is 16.6 Å². The lowest BCUT2D eigenvalue weighted by molar-refractivity contribution is 0.361. The zero-order chi connectivity index (χ0) is 12.7. The van der Waals surface area contributed by atoms with E-state index in [-0.39, 0.29) is 0 Å². The fourth-order valence-corrected chi connectivity index (χ4v) is 2.76. The molecule has 98 valence electrons. The number of rotatable bonds is 8. The summed E-state index contributed by atoms with van der Waals surface area (Å²) in [6.45, 7) is 10.3. The third-order valence-corrected chi connectivity index (χ3v) is 3.44. The van der Waals surface area contributed by atoms with Gasteiger partial charge in [-0.2, -0.15) is 0 Å². The Morgan fingerprint density at radius 3 is 2.29 bits per heavy atom. The van der Waals surface area contributed by atoms with Crippen LogP contribution >= 0.6 is 11.3 Å². The molecule has 0 amide bonds. The molecule has 0 aliphatic rings. The van der Waals surface area contributed by atoms with E-state index < -0.39 is 0 Å². The van der Waals surface area contributed by atoms with Gasteiger partial charge in [0.2, 0.25) is 0 Å². The highest BCUT2D eigenvalue weighted by molar-refractivity contribution is 7.07. The first-order valence-corrected chi connectivity index (χ1v) is 7.62. The maximum Gasteiger partial charge on any atom is 0.0794 e. The molecule has 1 N–H and O–H groups in total. The molecule has 0 spiro atoms. The predicted molar refractivity (Wildman–Crippen MR) is 76.5 cm³/mol. The van der Waals surface area contributed by atoms with Crippen LogP contribution in [-0.2, 0) is 6.42 Å². The molecule has 0 saturated carbocycles. The van der Waals surface area contributed by atoms with Crippen LogP contribution in [0.5, 0.6) is 0 Å². The van der Waals surface area contributed by atoms with Crippen molar-refractivity contribution in [3.63, 3.8) is 0 Å². The number of thiazole rings is 1. The lowest BCUT2D eigenvalue weighted by atomic mass is 9.95. The van der Waals surface area contributed by atoms with Gasteiger partial charge in [-0.15, -0.1) is 11.3 Å². The Bertz CT molecular complexity index is 270. The molecule has 1 rings (SSSR count). The number of nitrogens with one attached hydrogen (secondary N) is 1. The van der Waals surface area contributed by atoms with E-state index in [1.54, 1.807) is 11.3 Å². The molecule has 0 aliphatic carbocycles. The minimum absolute atomic E-state index is 0.661. The highest BCUT2D eigenvalue weighted by Gasteiger charge is 2.12. The standard InChI is InChI=1S/C14H26N2S/c1-11(2)7-14(8-12(3)4)15-6-5-13-9-17-10-16-13/h9-12,14-15H,5-8H2,1-4H3. The molecule has 0 atom stereocenters. The lowest BCUT2D eigenvalue weighted by Gasteiger charge is -2.22. The first-order valence-electron chi connectivity index (χ1n) is 6.68. The summed E-state index contributed by atoms with van der Waals surface area (Å²) in [6.07, 6.45) is 3.60. The second-order valence-electron chi connectivity index (χ2n) is 5.64. The Labute approximate surface area is 110 Å². The van der Waals surface area contributed by atoms with E-state index in [1.807, 2.05) is 5.51 Å². The summed E-state index contributed by atoms with van der Waals surface area (Å²) in [5, 5.41) is 5.83. The van der Waals surface area contributed by atoms with Crippen LogP contribution in [0.15, 0.2) is 10.9 Å². The smallest absolute Gasteiger partial charge is 0.0794 e. The van der Waals surface area contributed by atoms with Crippen LogP contribution in [0.2, 0.25) is 0 Å². The van der Waals surface area contributed by atoms with Gasteiger partial charge in [0.1, 0.15) is 0 Å². The van der Waals surface area contributed by atoms with Gasteiger partial charge in [-0.05, 0) is 24.7 Å². The van der Waals surface area contributed by atoms with Gasteiger partial charge in [-0.25, -0.2) is 4.98 Å². The summed E-state index contributed by atoms with van der Waals surface area (Å²) in [5.41, 5.74) is 3.13. The minimum Gasteiger partial charge on any atom is -0.314 e. The molecule has 3 heteroatoms. The molecule has 0 aliphatic heterocycles. The van der Waals surface area contributed by atoms with Gasteiger partial charge in [0, 0.05) is 24.4 Å². The highest BCUT2D eigenvalue weighted by Crippen LogP contribution is 2.13. The summed E-state index contributed by atoms with van der Waals surface area (Å²) in [7, 11) is 0. The zero-order valence-electron chi connectivity index (χ0n) is 11.6. The average molecular weight is 254 g/mol. The molecule has 0 bridgehead atoms. The van der Waals surface area contributed by atoms with Crippen LogP contribution < -0.4 is 5.32 Å². The molecule has 17 heavy (non-hydrogen) atoms. The maximum absolute atomic E-state index is 4.31. The Morgan fingerprint density at radius 1 is 1.18 bits per heavy atom. The van der Waals surface area contributed by atoms with E-state index in [0.717, 1.165) is 24.8 Å². The minimum atomic E-state index is 0.661. The summed E-state index contributed by atoms with van der Waals surface area (Å²) in [5.74, 6) is 1.54. The van der Waals surface area contributed by atoms with Crippen LogP contribution in [0.1, 0.15) is 46.2 Å². The van der Waals surface area contributed by atoms with Crippen LogP contribution in [-0.4, -0.2) is 17.6 Å². The molecule has 0 unspecified atom stereocenters. The van der Waals surface area contributed by atoms with Gasteiger partial charge >= 0.3 is 0 Å². The summed E-state index contributed by atoms with van der Waals surface area (Å²) in [6, 6.07) is 0.661. The summed E-state index contributed by atoms with van der Waals surface area (Å²) < 4.78 is 0. The lowest BCUT2D eigenvalue weighted by Crippen LogP contribution is -2.33. The molecule has 1 heterocycles. The number of hydrogen-bond donors (Lipinski definition) is 1. The Balaban J connectivity index is 2.27. The number of aromatic nitrogens is 1. The molecule has 0 saturated heterocycles. The molecule has 2 nitrogen and oxygen atoms in total. The van der Waals surface area contributed by atoms with Crippen molar-refractivity contribution >= 4 is 11.3 Å². The van der Waals surface area contributed by atoms with Gasteiger partial charge < -0.3 is 5.32 Å². The van der Waals surface area contributed by atoms with Crippen molar-refractivity contribution in [1.82, 2.24) is 10.3 Å². The maximum atomic E-state index is 4.31. The SMILES string of the molecule is CC(C)CC(CC(C)C)NCCc1cscn1. The van der Waals surface area contributed by atoms with E-state index in [9.17, 15) is 0 Å². The van der Waals surface area contributed by atoms with E-state index in [2.05, 4.69) is 43.4 Å². The predicted octanol–water partition coefficient (Wildman–Crippen LogP) is 3.74. The highest BCUT2D eigenvalue weighted by atomic mass is 32.1. The quantitative estimate of drug-likeness (QED) is 0.764. The first-order chi connectivity index (χ1) is 8.08.